The van der Waals surface area contributed by atoms with Gasteiger partial charge >= 0.3 is 6.09 Å². The maximum Gasteiger partial charge on any atom is 0.421 e. The normalized spacial score (nSPS) is 11.7. The standard InChI is InChI=1S/C33H37N7O5S/c1-33(2,3)45-32(41)40(24-11-14-26(44-6)15-12-24)31-36-27-20-25(13-16-28(27)39(31)5)38(4)29-17-18-34-30(37-29)35-23-10-8-9-22(19-23)21-46(7,42)43/h8-20H,21H2,1-7H3,(H,34,35,37). The molecule has 240 valence electrons. The summed E-state index contributed by atoms with van der Waals surface area (Å²) in [4.78, 5) is 30.7. The van der Waals surface area contributed by atoms with Crippen LogP contribution in [0.5, 0.6) is 5.75 Å². The number of sulfone groups is 1. The van der Waals surface area contributed by atoms with E-state index in [0.717, 1.165) is 11.2 Å². The molecule has 3 aromatic carbocycles. The highest BCUT2D eigenvalue weighted by molar-refractivity contribution is 7.89. The molecule has 12 nitrogen and oxygen atoms in total. The van der Waals surface area contributed by atoms with Crippen molar-refractivity contribution in [2.24, 2.45) is 7.05 Å². The van der Waals surface area contributed by atoms with Gasteiger partial charge in [0.25, 0.3) is 0 Å². The van der Waals surface area contributed by atoms with E-state index in [1.165, 1.54) is 11.2 Å². The molecule has 2 aromatic heterocycles. The lowest BCUT2D eigenvalue weighted by Crippen LogP contribution is -2.35. The van der Waals surface area contributed by atoms with Gasteiger partial charge in [0.1, 0.15) is 17.2 Å². The molecule has 1 N–H and O–H groups in total. The maximum absolute atomic E-state index is 13.5. The second-order valence-corrected chi connectivity index (χ2v) is 14.0. The first-order valence-corrected chi connectivity index (χ1v) is 16.5. The lowest BCUT2D eigenvalue weighted by atomic mass is 10.2. The van der Waals surface area contributed by atoms with E-state index >= 15 is 0 Å². The van der Waals surface area contributed by atoms with E-state index in [0.29, 0.717) is 45.9 Å². The van der Waals surface area contributed by atoms with Gasteiger partial charge in [0, 0.05) is 37.9 Å². The summed E-state index contributed by atoms with van der Waals surface area (Å²) in [5.74, 6) is 1.97. The number of benzene rings is 3. The van der Waals surface area contributed by atoms with Crippen molar-refractivity contribution in [3.8, 4) is 5.75 Å². The van der Waals surface area contributed by atoms with E-state index in [1.807, 2.05) is 68.6 Å². The SMILES string of the molecule is COc1ccc(N(C(=O)OC(C)(C)C)c2nc3cc(N(C)c4ccnc(Nc5cccc(CS(C)(=O)=O)c5)n4)ccc3n2C)cc1. The number of rotatable bonds is 9. The number of imidazole rings is 1. The summed E-state index contributed by atoms with van der Waals surface area (Å²) in [5.41, 5.74) is 3.49. The minimum Gasteiger partial charge on any atom is -0.497 e. The fraction of sp³-hybridized carbons (Fsp3) is 0.273. The number of carbonyl (C=O) groups excluding carboxylic acids is 1. The highest BCUT2D eigenvalue weighted by Crippen LogP contribution is 2.33. The third kappa shape index (κ3) is 7.54. The van der Waals surface area contributed by atoms with Crippen molar-refractivity contribution in [2.75, 3.05) is 35.5 Å². The Morgan fingerprint density at radius 1 is 0.978 bits per heavy atom. The zero-order valence-electron chi connectivity index (χ0n) is 26.8. The molecular weight excluding hydrogens is 606 g/mol. The average Bonchev–Trinajstić information content (AvgIpc) is 3.30. The van der Waals surface area contributed by atoms with Crippen molar-refractivity contribution in [1.29, 1.82) is 0 Å². The van der Waals surface area contributed by atoms with Gasteiger partial charge in [-0.3, -0.25) is 0 Å². The first-order valence-electron chi connectivity index (χ1n) is 14.4. The van der Waals surface area contributed by atoms with Crippen LogP contribution in [0.3, 0.4) is 0 Å². The van der Waals surface area contributed by atoms with Crippen molar-refractivity contribution in [3.63, 3.8) is 0 Å². The van der Waals surface area contributed by atoms with Gasteiger partial charge < -0.3 is 24.3 Å². The second kappa shape index (κ2) is 12.7. The molecule has 0 radical (unpaired) electrons. The van der Waals surface area contributed by atoms with Gasteiger partial charge in [-0.1, -0.05) is 12.1 Å². The number of carbonyl (C=O) groups is 1. The summed E-state index contributed by atoms with van der Waals surface area (Å²) in [6.45, 7) is 5.45. The molecule has 2 heterocycles. The summed E-state index contributed by atoms with van der Waals surface area (Å²) >= 11 is 0. The molecule has 46 heavy (non-hydrogen) atoms. The predicted octanol–water partition coefficient (Wildman–Crippen LogP) is 6.50. The highest BCUT2D eigenvalue weighted by Gasteiger charge is 2.29. The van der Waals surface area contributed by atoms with Crippen molar-refractivity contribution >= 4 is 61.7 Å². The van der Waals surface area contributed by atoms with Crippen LogP contribution in [0.1, 0.15) is 26.3 Å². The van der Waals surface area contributed by atoms with Crippen LogP contribution in [0.4, 0.5) is 39.6 Å². The first-order chi connectivity index (χ1) is 21.7. The molecular formula is C33H37N7O5S. The van der Waals surface area contributed by atoms with Crippen molar-refractivity contribution < 1.29 is 22.7 Å². The van der Waals surface area contributed by atoms with Crippen molar-refractivity contribution in [3.05, 3.63) is 84.6 Å². The monoisotopic (exact) mass is 643 g/mol. The van der Waals surface area contributed by atoms with Gasteiger partial charge in [-0.15, -0.1) is 0 Å². The van der Waals surface area contributed by atoms with Gasteiger partial charge in [0.15, 0.2) is 9.84 Å². The van der Waals surface area contributed by atoms with Crippen LogP contribution in [0.15, 0.2) is 79.0 Å². The van der Waals surface area contributed by atoms with Crippen LogP contribution < -0.4 is 19.9 Å². The number of hydrogen-bond acceptors (Lipinski definition) is 10. The Morgan fingerprint density at radius 3 is 2.37 bits per heavy atom. The Balaban J connectivity index is 1.45. The van der Waals surface area contributed by atoms with Gasteiger partial charge in [-0.25, -0.2) is 28.1 Å². The summed E-state index contributed by atoms with van der Waals surface area (Å²) in [7, 11) is 2.15. The number of ether oxygens (including phenoxy) is 2. The molecule has 5 rings (SSSR count). The highest BCUT2D eigenvalue weighted by atomic mass is 32.2. The lowest BCUT2D eigenvalue weighted by molar-refractivity contribution is 0.0596. The van der Waals surface area contributed by atoms with E-state index in [2.05, 4.69) is 15.3 Å². The van der Waals surface area contributed by atoms with Crippen LogP contribution in [0.2, 0.25) is 0 Å². The molecule has 0 spiro atoms. The Hall–Kier alpha value is -5.17. The van der Waals surface area contributed by atoms with E-state index in [9.17, 15) is 13.2 Å². The van der Waals surface area contributed by atoms with E-state index in [-0.39, 0.29) is 5.75 Å². The Bertz CT molecular complexity index is 1990. The average molecular weight is 644 g/mol. The molecule has 0 saturated carbocycles. The van der Waals surface area contributed by atoms with Gasteiger partial charge in [0.05, 0.1) is 29.6 Å². The molecule has 0 aliphatic carbocycles. The molecule has 0 bridgehead atoms. The molecule has 13 heteroatoms. The number of nitrogens with zero attached hydrogens (tertiary/aromatic N) is 6. The Morgan fingerprint density at radius 2 is 1.70 bits per heavy atom. The largest absolute Gasteiger partial charge is 0.497 e. The van der Waals surface area contributed by atoms with Gasteiger partial charge in [-0.2, -0.15) is 4.98 Å². The maximum atomic E-state index is 13.5. The smallest absolute Gasteiger partial charge is 0.421 e. The van der Waals surface area contributed by atoms with E-state index in [1.54, 1.807) is 61.8 Å². The molecule has 0 aliphatic heterocycles. The number of nitrogens with one attached hydrogen (secondary N) is 1. The molecule has 0 saturated heterocycles. The van der Waals surface area contributed by atoms with Crippen LogP contribution in [-0.4, -0.2) is 60.0 Å². The summed E-state index contributed by atoms with van der Waals surface area (Å²) in [6, 6.07) is 21.8. The number of aryl methyl sites for hydroxylation is 1. The van der Waals surface area contributed by atoms with Gasteiger partial charge in [-0.05, 0) is 87.0 Å². The third-order valence-corrected chi connectivity index (χ3v) is 7.79. The third-order valence-electron chi connectivity index (χ3n) is 6.93. The van der Waals surface area contributed by atoms with E-state index in [4.69, 9.17) is 14.5 Å². The zero-order chi connectivity index (χ0) is 33.2. The van der Waals surface area contributed by atoms with Crippen LogP contribution >= 0.6 is 0 Å². The number of methoxy groups -OCH3 is 1. The summed E-state index contributed by atoms with van der Waals surface area (Å²) < 4.78 is 36.4. The molecule has 0 fully saturated rings. The molecule has 0 atom stereocenters. The van der Waals surface area contributed by atoms with Crippen LogP contribution in [0.25, 0.3) is 11.0 Å². The lowest BCUT2D eigenvalue weighted by Gasteiger charge is -2.26. The Labute approximate surface area is 268 Å². The fourth-order valence-corrected chi connectivity index (χ4v) is 5.61. The summed E-state index contributed by atoms with van der Waals surface area (Å²) in [5, 5.41) is 3.16. The van der Waals surface area contributed by atoms with Gasteiger partial charge in [0.2, 0.25) is 11.9 Å². The number of hydrogen-bond donors (Lipinski definition) is 1. The molecule has 0 aliphatic rings. The Kier molecular flexibility index (Phi) is 8.88. The van der Waals surface area contributed by atoms with Crippen molar-refractivity contribution in [2.45, 2.75) is 32.1 Å². The minimum atomic E-state index is -3.17. The van der Waals surface area contributed by atoms with E-state index < -0.39 is 21.5 Å². The predicted molar refractivity (Wildman–Crippen MR) is 180 cm³/mol. The minimum absolute atomic E-state index is 0.0561. The number of aromatic nitrogens is 4. The summed E-state index contributed by atoms with van der Waals surface area (Å²) in [6.07, 6.45) is 2.29. The number of anilines is 6. The number of amides is 1. The fourth-order valence-electron chi connectivity index (χ4n) is 4.82. The molecule has 5 aromatic rings. The first kappa shape index (κ1) is 32.2. The van der Waals surface area contributed by atoms with Crippen LogP contribution in [-0.2, 0) is 27.4 Å². The zero-order valence-corrected chi connectivity index (χ0v) is 27.7. The topological polar surface area (TPSA) is 132 Å². The quantitative estimate of drug-likeness (QED) is 0.190. The van der Waals surface area contributed by atoms with Crippen molar-refractivity contribution in [1.82, 2.24) is 19.5 Å². The van der Waals surface area contributed by atoms with Crippen LogP contribution in [0, 0.1) is 0 Å². The molecule has 1 amide bonds. The second-order valence-electron chi connectivity index (χ2n) is 11.9. The number of fused-ring (bicyclic) bond motifs is 1. The molecule has 0 unspecified atom stereocenters.